The second kappa shape index (κ2) is 11.2. The molecule has 0 unspecified atom stereocenters. The molecule has 0 bridgehead atoms. The number of carbonyl (C=O) groups is 2. The van der Waals surface area contributed by atoms with Crippen LogP contribution in [-0.4, -0.2) is 35.0 Å². The number of fused-ring (bicyclic) bond motifs is 1. The Bertz CT molecular complexity index is 1020. The Morgan fingerprint density at radius 2 is 1.76 bits per heavy atom. The highest BCUT2D eigenvalue weighted by molar-refractivity contribution is 6.47. The van der Waals surface area contributed by atoms with Crippen molar-refractivity contribution in [1.29, 1.82) is 0 Å². The van der Waals surface area contributed by atoms with Gasteiger partial charge in [0.05, 0.1) is 5.56 Å². The number of ketones is 1. The summed E-state index contributed by atoms with van der Waals surface area (Å²) in [6.07, 6.45) is 5.31. The lowest BCUT2D eigenvalue weighted by Gasteiger charge is -2.30. The molecule has 7 nitrogen and oxygen atoms in total. The van der Waals surface area contributed by atoms with Crippen LogP contribution < -0.4 is 15.7 Å². The minimum atomic E-state index is -1.17. The van der Waals surface area contributed by atoms with Crippen molar-refractivity contribution < 1.29 is 24.4 Å². The quantitative estimate of drug-likeness (QED) is 0.420. The Balaban J connectivity index is 1.23. The third-order valence-electron chi connectivity index (χ3n) is 7.22. The summed E-state index contributed by atoms with van der Waals surface area (Å²) >= 11 is 0. The fourth-order valence-electron chi connectivity index (χ4n) is 5.28. The van der Waals surface area contributed by atoms with Gasteiger partial charge in [-0.05, 0) is 60.8 Å². The van der Waals surface area contributed by atoms with E-state index < -0.39 is 13.1 Å². The fraction of sp³-hybridized carbons (Fsp3) is 0.462. The first kappa shape index (κ1) is 24.4. The molecule has 0 spiro atoms. The number of rotatable bonds is 9. The molecule has 34 heavy (non-hydrogen) atoms. The number of benzene rings is 2. The summed E-state index contributed by atoms with van der Waals surface area (Å²) in [6.45, 7) is 1.35. The van der Waals surface area contributed by atoms with Crippen LogP contribution in [0.25, 0.3) is 0 Å². The van der Waals surface area contributed by atoms with Crippen molar-refractivity contribution in [2.75, 3.05) is 0 Å². The van der Waals surface area contributed by atoms with E-state index in [2.05, 4.69) is 17.4 Å². The molecule has 0 amide bonds. The third kappa shape index (κ3) is 5.87. The van der Waals surface area contributed by atoms with E-state index in [1.165, 1.54) is 17.2 Å². The van der Waals surface area contributed by atoms with E-state index >= 15 is 0 Å². The van der Waals surface area contributed by atoms with E-state index in [-0.39, 0.29) is 29.3 Å². The average Bonchev–Trinajstić information content (AvgIpc) is 2.83. The first-order valence-electron chi connectivity index (χ1n) is 12.2. The lowest BCUT2D eigenvalue weighted by atomic mass is 9.64. The van der Waals surface area contributed by atoms with Crippen molar-refractivity contribution in [2.24, 2.45) is 11.7 Å². The van der Waals surface area contributed by atoms with Gasteiger partial charge in [-0.2, -0.15) is 0 Å². The Hall–Kier alpha value is -2.68. The first-order valence-corrected chi connectivity index (χ1v) is 12.2. The number of hydrogen-bond donors (Lipinski definition) is 4. The van der Waals surface area contributed by atoms with E-state index in [1.54, 1.807) is 12.1 Å². The van der Waals surface area contributed by atoms with Crippen molar-refractivity contribution in [3.8, 4) is 5.75 Å². The second-order valence-corrected chi connectivity index (χ2v) is 9.59. The topological polar surface area (TPSA) is 122 Å². The van der Waals surface area contributed by atoms with Gasteiger partial charge in [-0.1, -0.05) is 36.4 Å². The summed E-state index contributed by atoms with van der Waals surface area (Å²) in [6, 6.07) is 13.6. The summed E-state index contributed by atoms with van der Waals surface area (Å²) in [4.78, 5) is 24.2. The highest BCUT2D eigenvalue weighted by Crippen LogP contribution is 2.37. The van der Waals surface area contributed by atoms with Crippen LogP contribution in [0.1, 0.15) is 65.6 Å². The molecular formula is C26H33BN2O5. The predicted octanol–water partition coefficient (Wildman–Crippen LogP) is 3.33. The maximum Gasteiger partial charge on any atom is 0.526 e. The number of carbonyl (C=O) groups excluding carboxylic acids is 1. The van der Waals surface area contributed by atoms with E-state index in [1.807, 2.05) is 12.1 Å². The number of nitrogens with two attached hydrogens (primary N) is 1. The fourth-order valence-corrected chi connectivity index (χ4v) is 5.28. The molecule has 2 aromatic rings. The van der Waals surface area contributed by atoms with Gasteiger partial charge in [0.25, 0.3) is 0 Å². The van der Waals surface area contributed by atoms with Crippen LogP contribution in [0.3, 0.4) is 0 Å². The van der Waals surface area contributed by atoms with Gasteiger partial charge in [-0.25, -0.2) is 4.79 Å². The van der Waals surface area contributed by atoms with Crippen LogP contribution in [-0.2, 0) is 24.3 Å². The Morgan fingerprint density at radius 3 is 2.47 bits per heavy atom. The van der Waals surface area contributed by atoms with Crippen molar-refractivity contribution in [1.82, 2.24) is 5.32 Å². The molecule has 0 radical (unpaired) electrons. The first-order chi connectivity index (χ1) is 16.4. The summed E-state index contributed by atoms with van der Waals surface area (Å²) in [5.74, 6) is -0.726. The van der Waals surface area contributed by atoms with Crippen molar-refractivity contribution in [2.45, 2.75) is 69.9 Å². The van der Waals surface area contributed by atoms with Gasteiger partial charge >= 0.3 is 13.1 Å². The zero-order chi connectivity index (χ0) is 24.1. The molecular weight excluding hydrogens is 431 g/mol. The smallest absolute Gasteiger partial charge is 0.526 e. The molecule has 1 aliphatic carbocycles. The van der Waals surface area contributed by atoms with Crippen LogP contribution in [0.2, 0.25) is 5.82 Å². The summed E-state index contributed by atoms with van der Waals surface area (Å²) in [7, 11) is -1.17. The monoisotopic (exact) mass is 464 g/mol. The lowest BCUT2D eigenvalue weighted by molar-refractivity contribution is -0.120. The van der Waals surface area contributed by atoms with Crippen LogP contribution in [0.4, 0.5) is 0 Å². The van der Waals surface area contributed by atoms with E-state index in [4.69, 9.17) is 10.4 Å². The molecule has 0 saturated heterocycles. The number of carboxylic acids is 1. The molecule has 2 aromatic carbocycles. The van der Waals surface area contributed by atoms with E-state index in [0.717, 1.165) is 37.8 Å². The molecule has 8 heteroatoms. The maximum atomic E-state index is 12.8. The van der Waals surface area contributed by atoms with Crippen LogP contribution in [0.5, 0.6) is 5.75 Å². The lowest BCUT2D eigenvalue weighted by Crippen LogP contribution is -2.36. The van der Waals surface area contributed by atoms with Gasteiger partial charge in [0.2, 0.25) is 0 Å². The standard InChI is InChI=1S/C26H33BN2O5/c28-15-19-4-1-2-5-20(19)16-29-22-10-8-17(9-11-22)12-23(30)14-21-13-18-6-3-7-24(26(31)32)25(18)34-27(21)33/h1-7,17,21-22,29,33H,8-16,28H2,(H,31,32)/t17?,21-,22?/m1/s1. The number of nitrogens with one attached hydrogen (secondary N) is 1. The summed E-state index contributed by atoms with van der Waals surface area (Å²) in [5.41, 5.74) is 9.02. The zero-order valence-electron chi connectivity index (χ0n) is 19.4. The van der Waals surface area contributed by atoms with Crippen LogP contribution in [0, 0.1) is 5.92 Å². The minimum absolute atomic E-state index is 0.0400. The Labute approximate surface area is 200 Å². The molecule has 1 saturated carbocycles. The zero-order valence-corrected chi connectivity index (χ0v) is 19.4. The normalized spacial score (nSPS) is 22.1. The molecule has 4 rings (SSSR count). The largest absolute Gasteiger partial charge is 0.535 e. The number of carboxylic acid groups (broad SMARTS) is 1. The SMILES string of the molecule is NCc1ccccc1CNC1CCC(CC(=O)C[C@H]2Cc3cccc(C(=O)O)c3OB2O)CC1. The van der Waals surface area contributed by atoms with Crippen LogP contribution >= 0.6 is 0 Å². The van der Waals surface area contributed by atoms with E-state index in [9.17, 15) is 19.7 Å². The van der Waals surface area contributed by atoms with Gasteiger partial charge in [0, 0.05) is 37.8 Å². The molecule has 180 valence electrons. The van der Waals surface area contributed by atoms with Gasteiger partial charge < -0.3 is 25.8 Å². The average molecular weight is 464 g/mol. The third-order valence-corrected chi connectivity index (χ3v) is 7.22. The van der Waals surface area contributed by atoms with Gasteiger partial charge in [0.1, 0.15) is 11.5 Å². The summed E-state index contributed by atoms with van der Waals surface area (Å²) in [5, 5.41) is 23.4. The Morgan fingerprint density at radius 1 is 1.03 bits per heavy atom. The maximum absolute atomic E-state index is 12.8. The number of hydrogen-bond acceptors (Lipinski definition) is 6. The van der Waals surface area contributed by atoms with Gasteiger partial charge in [0.15, 0.2) is 0 Å². The highest BCUT2D eigenvalue weighted by atomic mass is 16.5. The van der Waals surface area contributed by atoms with Crippen molar-refractivity contribution in [3.63, 3.8) is 0 Å². The second-order valence-electron chi connectivity index (χ2n) is 9.59. The summed E-state index contributed by atoms with van der Waals surface area (Å²) < 4.78 is 5.53. The predicted molar refractivity (Wildman–Crippen MR) is 131 cm³/mol. The van der Waals surface area contributed by atoms with Gasteiger partial charge in [-0.15, -0.1) is 0 Å². The number of para-hydroxylation sites is 1. The number of Topliss-reactive ketones (excluding diaryl/α,β-unsaturated/α-hetero) is 1. The highest BCUT2D eigenvalue weighted by Gasteiger charge is 2.38. The van der Waals surface area contributed by atoms with Crippen LogP contribution in [0.15, 0.2) is 42.5 Å². The van der Waals surface area contributed by atoms with Gasteiger partial charge in [-0.3, -0.25) is 4.79 Å². The molecule has 1 heterocycles. The van der Waals surface area contributed by atoms with E-state index in [0.29, 0.717) is 31.3 Å². The van der Waals surface area contributed by atoms with Crippen molar-refractivity contribution in [3.05, 3.63) is 64.7 Å². The molecule has 1 atom stereocenters. The molecule has 5 N–H and O–H groups in total. The molecule has 2 aliphatic rings. The van der Waals surface area contributed by atoms with Crippen molar-refractivity contribution >= 4 is 18.9 Å². The molecule has 1 fully saturated rings. The Kier molecular flexibility index (Phi) is 8.03. The number of aromatic carboxylic acids is 1. The molecule has 1 aliphatic heterocycles. The molecule has 0 aromatic heterocycles. The minimum Gasteiger partial charge on any atom is -0.535 e.